The Kier molecular flexibility index (Phi) is 46.8. The van der Waals surface area contributed by atoms with Gasteiger partial charge < -0.3 is 20.1 Å². The molecule has 0 fully saturated rings. The molecule has 2 atom stereocenters. The van der Waals surface area contributed by atoms with Crippen LogP contribution >= 0.6 is 7.82 Å². The number of aliphatic hydroxyl groups excluding tert-OH is 1. The average Bonchev–Trinajstić information content (AvgIpc) is 3.26. The summed E-state index contributed by atoms with van der Waals surface area (Å²) in [6.07, 6.45) is 57.6. The smallest absolute Gasteiger partial charge is 0.463 e. The van der Waals surface area contributed by atoms with Crippen molar-refractivity contribution in [3.8, 4) is 0 Å². The highest BCUT2D eigenvalue weighted by Crippen LogP contribution is 2.42. The van der Waals surface area contributed by atoms with E-state index in [-0.39, 0.29) is 32.1 Å². The number of phosphoric ester groups is 1. The molecule has 0 aliphatic heterocycles. The Morgan fingerprint density at radius 1 is 0.500 bits per heavy atom. The van der Waals surface area contributed by atoms with Crippen molar-refractivity contribution in [1.82, 2.24) is 5.32 Å². The Labute approximate surface area is 381 Å². The minimum absolute atomic E-state index is 0.0821. The second kappa shape index (κ2) is 48.4. The van der Waals surface area contributed by atoms with Crippen LogP contribution in [0.3, 0.4) is 0 Å². The summed E-state index contributed by atoms with van der Waals surface area (Å²) >= 11 is 0. The van der Waals surface area contributed by atoms with Gasteiger partial charge in [-0.15, -0.1) is 0 Å². The third-order valence-corrected chi connectivity index (χ3v) is 12.0. The van der Waals surface area contributed by atoms with Crippen LogP contribution in [0.1, 0.15) is 239 Å². The zero-order valence-electron chi connectivity index (χ0n) is 40.1. The molecule has 362 valence electrons. The standard InChI is InChI=1S/C52H96NO8P/c1-3-5-7-9-11-13-15-17-19-21-23-24-25-26-27-29-31-33-35-37-39-41-43-45-52(56)59-48-50(54)49-61-62(57,58)60-47-46-53-51(55)44-42-40-38-36-34-32-30-28-22-20-18-16-14-12-10-8-6-4-2/h11,13,17,19,23-24,26-27,50,54H,3-10,12,14-16,18,20-22,25,28-49H2,1-2H3,(H,53,55)(H,57,58)/b13-11-,19-17-,24-23-,27-26-. The van der Waals surface area contributed by atoms with Crippen molar-refractivity contribution in [1.29, 1.82) is 0 Å². The Hall–Kier alpha value is -2.03. The topological polar surface area (TPSA) is 131 Å². The lowest BCUT2D eigenvalue weighted by Gasteiger charge is -2.15. The summed E-state index contributed by atoms with van der Waals surface area (Å²) in [5.41, 5.74) is 0. The van der Waals surface area contributed by atoms with Gasteiger partial charge >= 0.3 is 13.8 Å². The molecule has 0 bridgehead atoms. The lowest BCUT2D eigenvalue weighted by molar-refractivity contribution is -0.147. The van der Waals surface area contributed by atoms with E-state index in [0.29, 0.717) is 6.42 Å². The lowest BCUT2D eigenvalue weighted by atomic mass is 10.0. The van der Waals surface area contributed by atoms with Gasteiger partial charge in [0, 0.05) is 19.4 Å². The second-order valence-corrected chi connectivity index (χ2v) is 18.6. The summed E-state index contributed by atoms with van der Waals surface area (Å²) < 4.78 is 27.0. The van der Waals surface area contributed by atoms with Crippen molar-refractivity contribution < 1.29 is 37.9 Å². The molecule has 0 radical (unpaired) electrons. The molecule has 0 spiro atoms. The van der Waals surface area contributed by atoms with Gasteiger partial charge in [0.15, 0.2) is 0 Å². The summed E-state index contributed by atoms with van der Waals surface area (Å²) in [4.78, 5) is 34.1. The number of carbonyl (C=O) groups is 2. The minimum Gasteiger partial charge on any atom is -0.463 e. The molecule has 2 unspecified atom stereocenters. The van der Waals surface area contributed by atoms with Gasteiger partial charge in [-0.25, -0.2) is 4.57 Å². The van der Waals surface area contributed by atoms with Crippen molar-refractivity contribution in [2.45, 2.75) is 245 Å². The largest absolute Gasteiger partial charge is 0.472 e. The zero-order valence-corrected chi connectivity index (χ0v) is 41.0. The highest BCUT2D eigenvalue weighted by molar-refractivity contribution is 7.47. The third-order valence-electron chi connectivity index (χ3n) is 11.0. The Morgan fingerprint density at radius 2 is 0.871 bits per heavy atom. The van der Waals surface area contributed by atoms with Crippen molar-refractivity contribution in [2.24, 2.45) is 0 Å². The summed E-state index contributed by atoms with van der Waals surface area (Å²) in [7, 11) is -4.42. The van der Waals surface area contributed by atoms with Gasteiger partial charge in [0.25, 0.3) is 0 Å². The molecule has 10 heteroatoms. The SMILES string of the molecule is CCCCC/C=C\C/C=C\C/C=C\C/C=C\CCCCCCCCCC(=O)OCC(O)COP(=O)(O)OCCNC(=O)CCCCCCCCCCCCCCCCCCCC. The van der Waals surface area contributed by atoms with Gasteiger partial charge in [-0.05, 0) is 57.8 Å². The number of hydrogen-bond acceptors (Lipinski definition) is 7. The molecule has 0 aliphatic carbocycles. The molecule has 0 aromatic heterocycles. The molecule has 1 amide bonds. The van der Waals surface area contributed by atoms with Crippen LogP contribution in [0, 0.1) is 0 Å². The fourth-order valence-electron chi connectivity index (χ4n) is 7.13. The Bertz CT molecular complexity index is 1160. The first kappa shape index (κ1) is 60.0. The number of aliphatic hydroxyl groups is 1. The predicted octanol–water partition coefficient (Wildman–Crippen LogP) is 15.1. The highest BCUT2D eigenvalue weighted by atomic mass is 31.2. The molecule has 0 aliphatic rings. The molecule has 9 nitrogen and oxygen atoms in total. The van der Waals surface area contributed by atoms with E-state index in [0.717, 1.165) is 70.6 Å². The minimum atomic E-state index is -4.42. The van der Waals surface area contributed by atoms with Crippen molar-refractivity contribution in [3.63, 3.8) is 0 Å². The lowest BCUT2D eigenvalue weighted by Crippen LogP contribution is -2.27. The first-order valence-electron chi connectivity index (χ1n) is 25.6. The normalized spacial score (nSPS) is 13.5. The molecule has 0 rings (SSSR count). The summed E-state index contributed by atoms with van der Waals surface area (Å²) in [5, 5.41) is 12.8. The first-order valence-corrected chi connectivity index (χ1v) is 27.1. The van der Waals surface area contributed by atoms with E-state index in [1.54, 1.807) is 0 Å². The van der Waals surface area contributed by atoms with Crippen LogP contribution in [0.4, 0.5) is 0 Å². The molecule has 0 saturated heterocycles. The molecule has 0 saturated carbocycles. The van der Waals surface area contributed by atoms with Crippen LogP contribution in [-0.2, 0) is 27.9 Å². The number of esters is 1. The summed E-state index contributed by atoms with van der Waals surface area (Å²) in [6.45, 7) is 3.55. The highest BCUT2D eigenvalue weighted by Gasteiger charge is 2.23. The van der Waals surface area contributed by atoms with Crippen LogP contribution in [0.5, 0.6) is 0 Å². The molecule has 62 heavy (non-hydrogen) atoms. The second-order valence-electron chi connectivity index (χ2n) is 17.1. The molecule has 0 heterocycles. The summed E-state index contributed by atoms with van der Waals surface area (Å²) in [5.74, 6) is -0.520. The van der Waals surface area contributed by atoms with Gasteiger partial charge in [0.05, 0.1) is 13.2 Å². The fourth-order valence-corrected chi connectivity index (χ4v) is 7.89. The van der Waals surface area contributed by atoms with E-state index in [1.165, 1.54) is 141 Å². The maximum absolute atomic E-state index is 12.1. The molecular formula is C52H96NO8P. The van der Waals surface area contributed by atoms with Gasteiger partial charge in [-0.1, -0.05) is 217 Å². The molecule has 0 aromatic carbocycles. The van der Waals surface area contributed by atoms with Gasteiger partial charge in [0.2, 0.25) is 5.91 Å². The number of rotatable bonds is 48. The quantitative estimate of drug-likeness (QED) is 0.0238. The third kappa shape index (κ3) is 49.0. The molecular weight excluding hydrogens is 798 g/mol. The van der Waals surface area contributed by atoms with Crippen molar-refractivity contribution >= 4 is 19.7 Å². The number of nitrogens with one attached hydrogen (secondary N) is 1. The van der Waals surface area contributed by atoms with E-state index in [9.17, 15) is 24.2 Å². The number of ether oxygens (including phenoxy) is 1. The number of amides is 1. The maximum Gasteiger partial charge on any atom is 0.472 e. The Morgan fingerprint density at radius 3 is 1.34 bits per heavy atom. The van der Waals surface area contributed by atoms with Crippen LogP contribution in [0.2, 0.25) is 0 Å². The van der Waals surface area contributed by atoms with E-state index in [4.69, 9.17) is 13.8 Å². The molecule has 0 aromatic rings. The number of hydrogen-bond donors (Lipinski definition) is 3. The van der Waals surface area contributed by atoms with Crippen molar-refractivity contribution in [2.75, 3.05) is 26.4 Å². The van der Waals surface area contributed by atoms with E-state index in [2.05, 4.69) is 67.8 Å². The van der Waals surface area contributed by atoms with E-state index < -0.39 is 26.5 Å². The van der Waals surface area contributed by atoms with E-state index in [1.807, 2.05) is 0 Å². The van der Waals surface area contributed by atoms with Gasteiger partial charge in [-0.2, -0.15) is 0 Å². The Balaban J connectivity index is 3.58. The van der Waals surface area contributed by atoms with Crippen LogP contribution in [0.15, 0.2) is 48.6 Å². The number of phosphoric acid groups is 1. The average molecular weight is 894 g/mol. The van der Waals surface area contributed by atoms with Gasteiger partial charge in [0.1, 0.15) is 12.7 Å². The first-order chi connectivity index (χ1) is 30.3. The number of unbranched alkanes of at least 4 members (excludes halogenated alkanes) is 27. The monoisotopic (exact) mass is 894 g/mol. The summed E-state index contributed by atoms with van der Waals surface area (Å²) in [6, 6.07) is 0. The predicted molar refractivity (Wildman–Crippen MR) is 261 cm³/mol. The fraction of sp³-hybridized carbons (Fsp3) is 0.808. The molecule has 3 N–H and O–H groups in total. The van der Waals surface area contributed by atoms with Crippen LogP contribution in [0.25, 0.3) is 0 Å². The number of allylic oxidation sites excluding steroid dienone is 8. The zero-order chi connectivity index (χ0) is 45.3. The van der Waals surface area contributed by atoms with Crippen molar-refractivity contribution in [3.05, 3.63) is 48.6 Å². The van der Waals surface area contributed by atoms with Crippen LogP contribution in [-0.4, -0.2) is 54.3 Å². The van der Waals surface area contributed by atoms with E-state index >= 15 is 0 Å². The van der Waals surface area contributed by atoms with Gasteiger partial charge in [-0.3, -0.25) is 18.6 Å². The maximum atomic E-state index is 12.1. The number of carbonyl (C=O) groups excluding carboxylic acids is 2. The van der Waals surface area contributed by atoms with Crippen LogP contribution < -0.4 is 5.32 Å².